The van der Waals surface area contributed by atoms with Crippen molar-refractivity contribution in [2.24, 2.45) is 5.92 Å². The van der Waals surface area contributed by atoms with Crippen LogP contribution in [0.2, 0.25) is 0 Å². The summed E-state index contributed by atoms with van der Waals surface area (Å²) >= 11 is 3.30. The Morgan fingerprint density at radius 2 is 2.15 bits per heavy atom. The number of carboxylic acid groups (broad SMARTS) is 1. The first kappa shape index (κ1) is 15.3. The van der Waals surface area contributed by atoms with Gasteiger partial charge in [0.15, 0.2) is 0 Å². The number of benzene rings is 1. The van der Waals surface area contributed by atoms with Crippen LogP contribution in [0.25, 0.3) is 0 Å². The summed E-state index contributed by atoms with van der Waals surface area (Å²) in [7, 11) is 2.18. The minimum absolute atomic E-state index is 0.297. The van der Waals surface area contributed by atoms with Crippen LogP contribution in [-0.4, -0.2) is 42.7 Å². The van der Waals surface area contributed by atoms with Gasteiger partial charge >= 0.3 is 5.97 Å². The molecule has 20 heavy (non-hydrogen) atoms. The summed E-state index contributed by atoms with van der Waals surface area (Å²) in [4.78, 5) is 13.3. The summed E-state index contributed by atoms with van der Waals surface area (Å²) in [5, 5.41) is 12.3. The van der Waals surface area contributed by atoms with Crippen molar-refractivity contribution in [1.29, 1.82) is 0 Å². The Labute approximate surface area is 128 Å². The largest absolute Gasteiger partial charge is 0.478 e. The van der Waals surface area contributed by atoms with E-state index in [1.807, 2.05) is 12.1 Å². The smallest absolute Gasteiger partial charge is 0.336 e. The first-order valence-electron chi connectivity index (χ1n) is 7.01. The molecule has 0 unspecified atom stereocenters. The van der Waals surface area contributed by atoms with Gasteiger partial charge in [-0.05, 0) is 79.4 Å². The van der Waals surface area contributed by atoms with Crippen LogP contribution in [0.15, 0.2) is 22.7 Å². The molecule has 0 aromatic heterocycles. The van der Waals surface area contributed by atoms with Gasteiger partial charge in [-0.25, -0.2) is 4.79 Å². The van der Waals surface area contributed by atoms with E-state index in [9.17, 15) is 4.79 Å². The molecule has 1 saturated heterocycles. The fourth-order valence-electron chi connectivity index (χ4n) is 2.57. The fourth-order valence-corrected chi connectivity index (χ4v) is 3.12. The average Bonchev–Trinajstić information content (AvgIpc) is 2.41. The minimum Gasteiger partial charge on any atom is -0.478 e. The SMILES string of the molecule is CN1CCC(CCNc2ccc(C(=O)O)c(Br)c2)CC1. The normalized spacial score (nSPS) is 17.1. The second-order valence-electron chi connectivity index (χ2n) is 5.46. The van der Waals surface area contributed by atoms with E-state index in [2.05, 4.69) is 33.2 Å². The Hall–Kier alpha value is -1.07. The fraction of sp³-hybridized carbons (Fsp3) is 0.533. The number of nitrogens with one attached hydrogen (secondary N) is 1. The van der Waals surface area contributed by atoms with Crippen molar-refractivity contribution >= 4 is 27.6 Å². The first-order chi connectivity index (χ1) is 9.56. The molecule has 1 aromatic rings. The van der Waals surface area contributed by atoms with E-state index in [0.29, 0.717) is 10.0 Å². The monoisotopic (exact) mass is 340 g/mol. The highest BCUT2D eigenvalue weighted by molar-refractivity contribution is 9.10. The molecular formula is C15H21BrN2O2. The number of piperidine rings is 1. The number of hydrogen-bond donors (Lipinski definition) is 2. The number of nitrogens with zero attached hydrogens (tertiary/aromatic N) is 1. The van der Waals surface area contributed by atoms with Crippen molar-refractivity contribution in [2.45, 2.75) is 19.3 Å². The van der Waals surface area contributed by atoms with Crippen molar-refractivity contribution < 1.29 is 9.90 Å². The van der Waals surface area contributed by atoms with Gasteiger partial charge in [0.1, 0.15) is 0 Å². The van der Waals surface area contributed by atoms with Crippen LogP contribution >= 0.6 is 15.9 Å². The Kier molecular flexibility index (Phi) is 5.43. The Morgan fingerprint density at radius 3 is 2.75 bits per heavy atom. The molecule has 0 atom stereocenters. The van der Waals surface area contributed by atoms with Crippen LogP contribution in [0.4, 0.5) is 5.69 Å². The molecule has 5 heteroatoms. The second-order valence-corrected chi connectivity index (χ2v) is 6.32. The highest BCUT2D eigenvalue weighted by Crippen LogP contribution is 2.23. The van der Waals surface area contributed by atoms with Crippen molar-refractivity contribution in [2.75, 3.05) is 32.0 Å². The highest BCUT2D eigenvalue weighted by Gasteiger charge is 2.16. The van der Waals surface area contributed by atoms with Gasteiger partial charge in [0.2, 0.25) is 0 Å². The van der Waals surface area contributed by atoms with Crippen LogP contribution in [0, 0.1) is 5.92 Å². The van der Waals surface area contributed by atoms with Gasteiger partial charge in [-0.15, -0.1) is 0 Å². The van der Waals surface area contributed by atoms with Crippen LogP contribution in [0.1, 0.15) is 29.6 Å². The number of anilines is 1. The first-order valence-corrected chi connectivity index (χ1v) is 7.81. The standard InChI is InChI=1S/C15H21BrN2O2/c1-18-8-5-11(6-9-18)4-7-17-12-2-3-13(15(19)20)14(16)10-12/h2-3,10-11,17H,4-9H2,1H3,(H,19,20). The minimum atomic E-state index is -0.908. The van der Waals surface area contributed by atoms with Gasteiger partial charge in [0, 0.05) is 16.7 Å². The zero-order chi connectivity index (χ0) is 14.5. The molecule has 2 rings (SSSR count). The van der Waals surface area contributed by atoms with Gasteiger partial charge in [-0.2, -0.15) is 0 Å². The van der Waals surface area contributed by atoms with Gasteiger partial charge < -0.3 is 15.3 Å². The molecule has 0 spiro atoms. The number of halogens is 1. The summed E-state index contributed by atoms with van der Waals surface area (Å²) in [6, 6.07) is 5.28. The lowest BCUT2D eigenvalue weighted by molar-refractivity contribution is 0.0696. The van der Waals surface area contributed by atoms with E-state index in [0.717, 1.165) is 18.2 Å². The Balaban J connectivity index is 1.79. The molecule has 110 valence electrons. The lowest BCUT2D eigenvalue weighted by atomic mass is 9.94. The van der Waals surface area contributed by atoms with Crippen molar-refractivity contribution in [1.82, 2.24) is 4.90 Å². The highest BCUT2D eigenvalue weighted by atomic mass is 79.9. The number of rotatable bonds is 5. The predicted molar refractivity (Wildman–Crippen MR) is 84.4 cm³/mol. The Bertz CT molecular complexity index is 471. The van der Waals surface area contributed by atoms with Crippen LogP contribution in [0.3, 0.4) is 0 Å². The third-order valence-corrected chi connectivity index (χ3v) is 4.58. The summed E-state index contributed by atoms with van der Waals surface area (Å²) in [6.45, 7) is 3.33. The maximum absolute atomic E-state index is 10.9. The lowest BCUT2D eigenvalue weighted by Crippen LogP contribution is -2.30. The van der Waals surface area contributed by atoms with Crippen LogP contribution in [-0.2, 0) is 0 Å². The van der Waals surface area contributed by atoms with E-state index >= 15 is 0 Å². The molecule has 1 aliphatic heterocycles. The zero-order valence-corrected chi connectivity index (χ0v) is 13.3. The number of carboxylic acids is 1. The van der Waals surface area contributed by atoms with Crippen molar-refractivity contribution in [3.8, 4) is 0 Å². The lowest BCUT2D eigenvalue weighted by Gasteiger charge is -2.29. The summed E-state index contributed by atoms with van der Waals surface area (Å²) in [5.74, 6) is -0.102. The topological polar surface area (TPSA) is 52.6 Å². The maximum atomic E-state index is 10.9. The molecule has 0 radical (unpaired) electrons. The zero-order valence-electron chi connectivity index (χ0n) is 11.7. The van der Waals surface area contributed by atoms with E-state index in [4.69, 9.17) is 5.11 Å². The molecule has 2 N–H and O–H groups in total. The molecular weight excluding hydrogens is 320 g/mol. The molecule has 1 aromatic carbocycles. The number of carbonyl (C=O) groups is 1. The molecule has 0 saturated carbocycles. The molecule has 1 fully saturated rings. The molecule has 1 aliphatic rings. The molecule has 4 nitrogen and oxygen atoms in total. The average molecular weight is 341 g/mol. The summed E-state index contributed by atoms with van der Waals surface area (Å²) < 4.78 is 0.620. The van der Waals surface area contributed by atoms with E-state index in [1.54, 1.807) is 6.07 Å². The second kappa shape index (κ2) is 7.09. The molecule has 0 bridgehead atoms. The molecule has 1 heterocycles. The van der Waals surface area contributed by atoms with E-state index in [-0.39, 0.29) is 0 Å². The number of likely N-dealkylation sites (tertiary alicyclic amines) is 1. The third-order valence-electron chi connectivity index (χ3n) is 3.92. The van der Waals surface area contributed by atoms with Crippen LogP contribution < -0.4 is 5.32 Å². The van der Waals surface area contributed by atoms with Gasteiger partial charge in [-0.1, -0.05) is 0 Å². The molecule has 0 amide bonds. The van der Waals surface area contributed by atoms with E-state index < -0.39 is 5.97 Å². The van der Waals surface area contributed by atoms with E-state index in [1.165, 1.54) is 32.4 Å². The van der Waals surface area contributed by atoms with Gasteiger partial charge in [-0.3, -0.25) is 0 Å². The third kappa shape index (κ3) is 4.21. The van der Waals surface area contributed by atoms with Gasteiger partial charge in [0.05, 0.1) is 5.56 Å². The maximum Gasteiger partial charge on any atom is 0.336 e. The summed E-state index contributed by atoms with van der Waals surface area (Å²) in [6.07, 6.45) is 3.73. The quantitative estimate of drug-likeness (QED) is 0.863. The molecule has 0 aliphatic carbocycles. The van der Waals surface area contributed by atoms with Gasteiger partial charge in [0.25, 0.3) is 0 Å². The van der Waals surface area contributed by atoms with Crippen molar-refractivity contribution in [3.05, 3.63) is 28.2 Å². The number of aromatic carboxylic acids is 1. The Morgan fingerprint density at radius 1 is 1.45 bits per heavy atom. The van der Waals surface area contributed by atoms with Crippen LogP contribution in [0.5, 0.6) is 0 Å². The predicted octanol–water partition coefficient (Wildman–Crippen LogP) is 3.29. The summed E-state index contributed by atoms with van der Waals surface area (Å²) in [5.41, 5.74) is 1.26. The van der Waals surface area contributed by atoms with Crippen molar-refractivity contribution in [3.63, 3.8) is 0 Å². The number of hydrogen-bond acceptors (Lipinski definition) is 3.